The van der Waals surface area contributed by atoms with Gasteiger partial charge >= 0.3 is 0 Å². The Morgan fingerprint density at radius 1 is 1.35 bits per heavy atom. The third kappa shape index (κ3) is 1.93. The lowest BCUT2D eigenvalue weighted by Crippen LogP contribution is -2.26. The van der Waals surface area contributed by atoms with E-state index in [1.54, 1.807) is 11.3 Å². The molecule has 1 fully saturated rings. The molecular weight excluding hydrogens is 268 g/mol. The van der Waals surface area contributed by atoms with Crippen LogP contribution in [-0.2, 0) is 0 Å². The van der Waals surface area contributed by atoms with Crippen LogP contribution in [0.25, 0.3) is 10.6 Å². The number of hydrogen-bond donors (Lipinski definition) is 1. The number of thiophene rings is 1. The normalized spacial score (nSPS) is 23.6. The zero-order chi connectivity index (χ0) is 13.5. The van der Waals surface area contributed by atoms with Gasteiger partial charge in [0, 0.05) is 0 Å². The standard InChI is InChI=1S/C16H20N2OS/c19-15(11-4-2-1-3-5-11)8-13-12-6-7-20-16(12)14-9-17-10-18(13)14/h6-7,9-11,13,15,19H,1-5,8H2. The molecule has 0 spiro atoms. The van der Waals surface area contributed by atoms with E-state index < -0.39 is 0 Å². The molecular formula is C16H20N2OS. The lowest BCUT2D eigenvalue weighted by molar-refractivity contribution is 0.0687. The van der Waals surface area contributed by atoms with Gasteiger partial charge in [0.15, 0.2) is 0 Å². The van der Waals surface area contributed by atoms with E-state index in [0.717, 1.165) is 6.42 Å². The van der Waals surface area contributed by atoms with Crippen molar-refractivity contribution in [3.8, 4) is 10.6 Å². The lowest BCUT2D eigenvalue weighted by atomic mass is 9.82. The highest BCUT2D eigenvalue weighted by Gasteiger charge is 2.33. The third-order valence-electron chi connectivity index (χ3n) is 4.95. The number of aromatic nitrogens is 2. The highest BCUT2D eigenvalue weighted by atomic mass is 32.1. The van der Waals surface area contributed by atoms with Gasteiger partial charge in [0.2, 0.25) is 0 Å². The van der Waals surface area contributed by atoms with Gasteiger partial charge in [0.1, 0.15) is 0 Å². The van der Waals surface area contributed by atoms with Gasteiger partial charge < -0.3 is 9.67 Å². The van der Waals surface area contributed by atoms with Crippen LogP contribution in [0.3, 0.4) is 0 Å². The Balaban J connectivity index is 1.57. The number of imidazole rings is 1. The van der Waals surface area contributed by atoms with Crippen molar-refractivity contribution in [3.05, 3.63) is 29.5 Å². The molecule has 0 amide bonds. The average molecular weight is 288 g/mol. The van der Waals surface area contributed by atoms with E-state index in [9.17, 15) is 5.11 Å². The first-order valence-corrected chi connectivity index (χ1v) is 8.50. The molecule has 1 N–H and O–H groups in total. The fourth-order valence-electron chi connectivity index (χ4n) is 3.85. The second-order valence-corrected chi connectivity index (χ2v) is 7.02. The molecule has 106 valence electrons. The zero-order valence-corrected chi connectivity index (χ0v) is 12.4. The Morgan fingerprint density at radius 3 is 3.05 bits per heavy atom. The van der Waals surface area contributed by atoms with Gasteiger partial charge in [0.25, 0.3) is 0 Å². The summed E-state index contributed by atoms with van der Waals surface area (Å²) in [5, 5.41) is 12.8. The van der Waals surface area contributed by atoms with Crippen LogP contribution in [0.5, 0.6) is 0 Å². The molecule has 3 nitrogen and oxygen atoms in total. The number of rotatable bonds is 3. The Labute approximate surface area is 123 Å². The Morgan fingerprint density at radius 2 is 2.20 bits per heavy atom. The van der Waals surface area contributed by atoms with Crippen molar-refractivity contribution in [3.63, 3.8) is 0 Å². The van der Waals surface area contributed by atoms with Gasteiger partial charge in [0.05, 0.1) is 35.2 Å². The number of aliphatic hydroxyl groups is 1. The fourth-order valence-corrected chi connectivity index (χ4v) is 4.82. The van der Waals surface area contributed by atoms with Crippen LogP contribution in [0.4, 0.5) is 0 Å². The lowest BCUT2D eigenvalue weighted by Gasteiger charge is -2.28. The van der Waals surface area contributed by atoms with Crippen molar-refractivity contribution in [1.82, 2.24) is 9.55 Å². The first kappa shape index (κ1) is 12.6. The van der Waals surface area contributed by atoms with Gasteiger partial charge in [-0.15, -0.1) is 11.3 Å². The third-order valence-corrected chi connectivity index (χ3v) is 5.90. The number of aliphatic hydroxyl groups excluding tert-OH is 1. The summed E-state index contributed by atoms with van der Waals surface area (Å²) in [5.41, 5.74) is 2.60. The average Bonchev–Trinajstić information content (AvgIpc) is 3.16. The smallest absolute Gasteiger partial charge is 0.0957 e. The summed E-state index contributed by atoms with van der Waals surface area (Å²) in [6.07, 6.45) is 10.8. The first-order valence-electron chi connectivity index (χ1n) is 7.62. The monoisotopic (exact) mass is 288 g/mol. The molecule has 0 bridgehead atoms. The minimum atomic E-state index is -0.179. The number of nitrogens with zero attached hydrogens (tertiary/aromatic N) is 2. The fraction of sp³-hybridized carbons (Fsp3) is 0.562. The van der Waals surface area contributed by atoms with Crippen molar-refractivity contribution in [2.24, 2.45) is 5.92 Å². The second kappa shape index (κ2) is 5.01. The van der Waals surface area contributed by atoms with E-state index in [0.29, 0.717) is 5.92 Å². The van der Waals surface area contributed by atoms with E-state index in [2.05, 4.69) is 21.0 Å². The summed E-state index contributed by atoms with van der Waals surface area (Å²) in [5.74, 6) is 0.499. The molecule has 2 aliphatic rings. The summed E-state index contributed by atoms with van der Waals surface area (Å²) in [6, 6.07) is 2.50. The van der Waals surface area contributed by atoms with Crippen LogP contribution >= 0.6 is 11.3 Å². The largest absolute Gasteiger partial charge is 0.393 e. The SMILES string of the molecule is OC(CC1c2ccsc2-c2cncn21)C1CCCCC1. The van der Waals surface area contributed by atoms with Gasteiger partial charge in [-0.3, -0.25) is 0 Å². The molecule has 3 heterocycles. The van der Waals surface area contributed by atoms with Crippen molar-refractivity contribution in [2.45, 2.75) is 50.7 Å². The molecule has 2 aromatic rings. The van der Waals surface area contributed by atoms with Crippen LogP contribution in [0.1, 0.15) is 50.1 Å². The summed E-state index contributed by atoms with van der Waals surface area (Å²) in [7, 11) is 0. The van der Waals surface area contributed by atoms with Crippen molar-refractivity contribution < 1.29 is 5.11 Å². The van der Waals surface area contributed by atoms with E-state index in [4.69, 9.17) is 0 Å². The molecule has 4 heteroatoms. The Kier molecular flexibility index (Phi) is 3.15. The minimum Gasteiger partial charge on any atom is -0.393 e. The summed E-state index contributed by atoms with van der Waals surface area (Å²) < 4.78 is 2.24. The van der Waals surface area contributed by atoms with Crippen LogP contribution in [-0.4, -0.2) is 20.8 Å². The maximum atomic E-state index is 10.6. The molecule has 1 aliphatic heterocycles. The van der Waals surface area contributed by atoms with Gasteiger partial charge in [-0.2, -0.15) is 0 Å². The van der Waals surface area contributed by atoms with Crippen molar-refractivity contribution >= 4 is 11.3 Å². The molecule has 1 saturated carbocycles. The molecule has 2 atom stereocenters. The topological polar surface area (TPSA) is 38.1 Å². The van der Waals surface area contributed by atoms with Crippen molar-refractivity contribution in [2.75, 3.05) is 0 Å². The summed E-state index contributed by atoms with van der Waals surface area (Å²) in [6.45, 7) is 0. The predicted molar refractivity (Wildman–Crippen MR) is 80.9 cm³/mol. The predicted octanol–water partition coefficient (Wildman–Crippen LogP) is 3.85. The van der Waals surface area contributed by atoms with E-state index in [1.165, 1.54) is 48.2 Å². The Hall–Kier alpha value is -1.13. The maximum Gasteiger partial charge on any atom is 0.0957 e. The van der Waals surface area contributed by atoms with Crippen LogP contribution in [0.15, 0.2) is 24.0 Å². The van der Waals surface area contributed by atoms with E-state index in [1.807, 2.05) is 12.5 Å². The molecule has 2 unspecified atom stereocenters. The summed E-state index contributed by atoms with van der Waals surface area (Å²) >= 11 is 1.78. The second-order valence-electron chi connectivity index (χ2n) is 6.11. The van der Waals surface area contributed by atoms with Gasteiger partial charge in [-0.1, -0.05) is 19.3 Å². The Bertz CT molecular complexity index is 557. The molecule has 0 aromatic carbocycles. The van der Waals surface area contributed by atoms with Gasteiger partial charge in [-0.25, -0.2) is 4.98 Å². The van der Waals surface area contributed by atoms with E-state index in [-0.39, 0.29) is 12.1 Å². The molecule has 0 saturated heterocycles. The zero-order valence-electron chi connectivity index (χ0n) is 11.5. The van der Waals surface area contributed by atoms with Crippen LogP contribution in [0, 0.1) is 5.92 Å². The molecule has 4 rings (SSSR count). The molecule has 0 radical (unpaired) electrons. The minimum absolute atomic E-state index is 0.179. The number of hydrogen-bond acceptors (Lipinski definition) is 3. The van der Waals surface area contributed by atoms with Crippen molar-refractivity contribution in [1.29, 1.82) is 0 Å². The first-order chi connectivity index (χ1) is 9.84. The van der Waals surface area contributed by atoms with Gasteiger partial charge in [-0.05, 0) is 42.2 Å². The molecule has 2 aromatic heterocycles. The molecule has 1 aliphatic carbocycles. The highest BCUT2D eigenvalue weighted by molar-refractivity contribution is 7.13. The highest BCUT2D eigenvalue weighted by Crippen LogP contribution is 2.45. The van der Waals surface area contributed by atoms with E-state index >= 15 is 0 Å². The van der Waals surface area contributed by atoms with Crippen LogP contribution < -0.4 is 0 Å². The summed E-state index contributed by atoms with van der Waals surface area (Å²) in [4.78, 5) is 5.62. The molecule has 20 heavy (non-hydrogen) atoms. The maximum absolute atomic E-state index is 10.6. The van der Waals surface area contributed by atoms with Crippen LogP contribution in [0.2, 0.25) is 0 Å². The number of fused-ring (bicyclic) bond motifs is 3. The quantitative estimate of drug-likeness (QED) is 0.931.